The van der Waals surface area contributed by atoms with Crippen molar-refractivity contribution in [2.75, 3.05) is 23.5 Å². The number of hydrogen-bond donors (Lipinski definition) is 4. The molecular formula is C21H23N7O5S3. The van der Waals surface area contributed by atoms with Crippen LogP contribution < -0.4 is 21.7 Å². The maximum Gasteiger partial charge on any atom is 0.352 e. The van der Waals surface area contributed by atoms with Crippen molar-refractivity contribution in [1.82, 2.24) is 20.4 Å². The SMILES string of the molecule is Cc1nnc(SCC2=C(C(=O)O)N3C(=O)C(NC(=O)C(N)c4ccc(N(C)C(N)=O)cc4)[C@@H]3SC2)s1. The minimum atomic E-state index is -1.19. The minimum Gasteiger partial charge on any atom is -0.477 e. The number of benzene rings is 1. The van der Waals surface area contributed by atoms with Crippen molar-refractivity contribution in [2.45, 2.75) is 28.7 Å². The number of fused-ring (bicyclic) bond motifs is 1. The van der Waals surface area contributed by atoms with Gasteiger partial charge in [0.2, 0.25) is 5.91 Å². The summed E-state index contributed by atoms with van der Waals surface area (Å²) in [5.41, 5.74) is 12.9. The summed E-state index contributed by atoms with van der Waals surface area (Å²) in [6.45, 7) is 1.83. The molecule has 3 heterocycles. The number of β-lactam (4-membered cyclic amide) rings is 1. The van der Waals surface area contributed by atoms with E-state index in [-0.39, 0.29) is 5.70 Å². The van der Waals surface area contributed by atoms with Crippen LogP contribution >= 0.6 is 34.9 Å². The topological polar surface area (TPSA) is 185 Å². The summed E-state index contributed by atoms with van der Waals surface area (Å²) < 4.78 is 0.722. The fraction of sp³-hybridized carbons (Fsp3) is 0.333. The van der Waals surface area contributed by atoms with Crippen LogP contribution in [0.15, 0.2) is 39.9 Å². The predicted molar refractivity (Wildman–Crippen MR) is 136 cm³/mol. The average molecular weight is 550 g/mol. The lowest BCUT2D eigenvalue weighted by Crippen LogP contribution is -2.71. The first-order chi connectivity index (χ1) is 17.1. The minimum absolute atomic E-state index is 0.0542. The number of primary amides is 1. The molecule has 1 aromatic carbocycles. The van der Waals surface area contributed by atoms with Gasteiger partial charge in [0.15, 0.2) is 4.34 Å². The number of nitrogens with zero attached hydrogens (tertiary/aromatic N) is 4. The van der Waals surface area contributed by atoms with Crippen LogP contribution in [-0.4, -0.2) is 74.0 Å². The number of carbonyl (C=O) groups is 4. The first kappa shape index (κ1) is 25.9. The van der Waals surface area contributed by atoms with Crippen molar-refractivity contribution in [1.29, 1.82) is 0 Å². The molecule has 1 saturated heterocycles. The summed E-state index contributed by atoms with van der Waals surface area (Å²) in [4.78, 5) is 51.5. The Bertz CT molecular complexity index is 1250. The van der Waals surface area contributed by atoms with Gasteiger partial charge in [-0.2, -0.15) is 0 Å². The third-order valence-corrected chi connectivity index (χ3v) is 9.08. The van der Waals surface area contributed by atoms with Gasteiger partial charge in [-0.3, -0.25) is 19.4 Å². The summed E-state index contributed by atoms with van der Waals surface area (Å²) >= 11 is 4.17. The number of thioether (sulfide) groups is 2. The molecule has 0 bridgehead atoms. The first-order valence-corrected chi connectivity index (χ1v) is 13.5. The smallest absolute Gasteiger partial charge is 0.352 e. The molecule has 15 heteroatoms. The fourth-order valence-corrected chi connectivity index (χ4v) is 7.01. The van der Waals surface area contributed by atoms with Gasteiger partial charge in [0.25, 0.3) is 5.91 Å². The Hall–Kier alpha value is -3.14. The third-order valence-electron chi connectivity index (χ3n) is 5.68. The number of aromatic nitrogens is 2. The number of nitrogens with two attached hydrogens (primary N) is 2. The highest BCUT2D eigenvalue weighted by Crippen LogP contribution is 2.42. The molecular weight excluding hydrogens is 526 g/mol. The number of rotatable bonds is 8. The van der Waals surface area contributed by atoms with E-state index in [2.05, 4.69) is 15.5 Å². The van der Waals surface area contributed by atoms with Gasteiger partial charge in [-0.25, -0.2) is 9.59 Å². The Balaban J connectivity index is 1.42. The summed E-state index contributed by atoms with van der Waals surface area (Å²) in [5, 5.41) is 20.7. The van der Waals surface area contributed by atoms with Crippen molar-refractivity contribution >= 4 is 64.4 Å². The Morgan fingerprint density at radius 2 is 2.00 bits per heavy atom. The number of carboxylic acid groups (broad SMARTS) is 1. The number of anilines is 1. The van der Waals surface area contributed by atoms with Crippen molar-refractivity contribution in [2.24, 2.45) is 11.5 Å². The van der Waals surface area contributed by atoms with Gasteiger partial charge < -0.3 is 21.9 Å². The third kappa shape index (κ3) is 5.04. The largest absolute Gasteiger partial charge is 0.477 e. The molecule has 0 spiro atoms. The fourth-order valence-electron chi connectivity index (χ4n) is 3.71. The van der Waals surface area contributed by atoms with E-state index in [0.717, 1.165) is 9.35 Å². The number of aliphatic carboxylic acids is 1. The molecule has 3 atom stereocenters. The van der Waals surface area contributed by atoms with Gasteiger partial charge in [0, 0.05) is 24.2 Å². The maximum absolute atomic E-state index is 12.9. The Labute approximate surface area is 218 Å². The Morgan fingerprint density at radius 1 is 1.31 bits per heavy atom. The molecule has 0 saturated carbocycles. The molecule has 2 aromatic rings. The highest BCUT2D eigenvalue weighted by molar-refractivity contribution is 8.01. The van der Waals surface area contributed by atoms with Gasteiger partial charge in [-0.1, -0.05) is 35.2 Å². The van der Waals surface area contributed by atoms with E-state index >= 15 is 0 Å². The average Bonchev–Trinajstić information content (AvgIpc) is 3.29. The lowest BCUT2D eigenvalue weighted by atomic mass is 10.0. The van der Waals surface area contributed by atoms with Crippen molar-refractivity contribution in [3.8, 4) is 0 Å². The van der Waals surface area contributed by atoms with E-state index in [1.165, 1.54) is 51.7 Å². The second-order valence-electron chi connectivity index (χ2n) is 8.00. The van der Waals surface area contributed by atoms with Crippen LogP contribution in [0.1, 0.15) is 16.6 Å². The monoisotopic (exact) mass is 549 g/mol. The molecule has 4 amide bonds. The Morgan fingerprint density at radius 3 is 2.58 bits per heavy atom. The second kappa shape index (κ2) is 10.5. The number of aryl methyl sites for hydroxylation is 1. The molecule has 2 aliphatic rings. The zero-order chi connectivity index (χ0) is 26.1. The van der Waals surface area contributed by atoms with Gasteiger partial charge in [-0.05, 0) is 30.2 Å². The quantitative estimate of drug-likeness (QED) is 0.272. The van der Waals surface area contributed by atoms with Crippen LogP contribution in [0.25, 0.3) is 0 Å². The van der Waals surface area contributed by atoms with E-state index < -0.39 is 41.3 Å². The normalized spacial score (nSPS) is 19.9. The van der Waals surface area contributed by atoms with Gasteiger partial charge >= 0.3 is 12.0 Å². The van der Waals surface area contributed by atoms with E-state index in [1.54, 1.807) is 24.3 Å². The lowest BCUT2D eigenvalue weighted by molar-refractivity contribution is -0.150. The van der Waals surface area contributed by atoms with Crippen molar-refractivity contribution < 1.29 is 24.3 Å². The van der Waals surface area contributed by atoms with Crippen LogP contribution in [0.2, 0.25) is 0 Å². The van der Waals surface area contributed by atoms with Crippen molar-refractivity contribution in [3.63, 3.8) is 0 Å². The maximum atomic E-state index is 12.9. The number of hydrogen-bond acceptors (Lipinski definition) is 10. The molecule has 190 valence electrons. The molecule has 1 fully saturated rings. The molecule has 12 nitrogen and oxygen atoms in total. The van der Waals surface area contributed by atoms with E-state index in [0.29, 0.717) is 28.3 Å². The molecule has 0 aliphatic carbocycles. The number of amides is 4. The van der Waals surface area contributed by atoms with Crippen LogP contribution in [0.3, 0.4) is 0 Å². The highest BCUT2D eigenvalue weighted by atomic mass is 32.2. The van der Waals surface area contributed by atoms with Crippen LogP contribution in [0.5, 0.6) is 0 Å². The lowest BCUT2D eigenvalue weighted by Gasteiger charge is -2.49. The highest BCUT2D eigenvalue weighted by Gasteiger charge is 2.54. The van der Waals surface area contributed by atoms with Crippen LogP contribution in [0.4, 0.5) is 10.5 Å². The first-order valence-electron chi connectivity index (χ1n) is 10.6. The zero-order valence-corrected chi connectivity index (χ0v) is 21.7. The van der Waals surface area contributed by atoms with Crippen LogP contribution in [-0.2, 0) is 14.4 Å². The van der Waals surface area contributed by atoms with Gasteiger partial charge in [0.05, 0.1) is 0 Å². The molecule has 1 aromatic heterocycles. The number of carbonyl (C=O) groups excluding carboxylic acids is 3. The summed E-state index contributed by atoms with van der Waals surface area (Å²) in [6, 6.07) is 3.82. The van der Waals surface area contributed by atoms with E-state index in [4.69, 9.17) is 11.5 Å². The summed E-state index contributed by atoms with van der Waals surface area (Å²) in [7, 11) is 1.51. The van der Waals surface area contributed by atoms with Crippen molar-refractivity contribution in [3.05, 3.63) is 46.1 Å². The standard InChI is InChI=1S/C21H23N7O5S3/c1-9-25-26-21(36-9)35-8-11-7-34-18-14(17(30)28(18)15(11)19(31)32)24-16(29)13(22)10-3-5-12(6-4-10)27(2)20(23)33/h3-6,13-14,18H,7-8,22H2,1-2H3,(H2,23,33)(H,24,29)(H,31,32)/t13?,14?,18-/m0/s1. The second-order valence-corrected chi connectivity index (χ2v) is 11.5. The number of nitrogens with one attached hydrogen (secondary N) is 1. The summed E-state index contributed by atoms with van der Waals surface area (Å²) in [5.74, 6) is -1.51. The molecule has 6 N–H and O–H groups in total. The number of carboxylic acids is 1. The molecule has 4 rings (SSSR count). The zero-order valence-electron chi connectivity index (χ0n) is 19.2. The molecule has 36 heavy (non-hydrogen) atoms. The molecule has 2 unspecified atom stereocenters. The van der Waals surface area contributed by atoms with E-state index in [9.17, 15) is 24.3 Å². The molecule has 2 aliphatic heterocycles. The van der Waals surface area contributed by atoms with Gasteiger partial charge in [-0.15, -0.1) is 22.0 Å². The van der Waals surface area contributed by atoms with E-state index in [1.807, 2.05) is 6.92 Å². The number of urea groups is 1. The van der Waals surface area contributed by atoms with Crippen LogP contribution in [0, 0.1) is 6.92 Å². The predicted octanol–water partition coefficient (Wildman–Crippen LogP) is 0.892. The summed E-state index contributed by atoms with van der Waals surface area (Å²) in [6.07, 6.45) is 0. The van der Waals surface area contributed by atoms with Gasteiger partial charge in [0.1, 0.15) is 28.2 Å². The Kier molecular flexibility index (Phi) is 7.54. The molecule has 0 radical (unpaired) electrons.